The van der Waals surface area contributed by atoms with Crippen molar-refractivity contribution in [3.63, 3.8) is 0 Å². The van der Waals surface area contributed by atoms with E-state index >= 15 is 0 Å². The summed E-state index contributed by atoms with van der Waals surface area (Å²) in [5.74, 6) is -1.66. The van der Waals surface area contributed by atoms with Crippen LogP contribution in [0.1, 0.15) is 43.0 Å². The lowest BCUT2D eigenvalue weighted by molar-refractivity contribution is -0.136. The number of nitrogens with one attached hydrogen (secondary N) is 3. The van der Waals surface area contributed by atoms with Gasteiger partial charge in [-0.05, 0) is 50.9 Å². The largest absolute Gasteiger partial charge is 0.349 e. The Hall–Kier alpha value is -2.41. The highest BCUT2D eigenvalue weighted by Crippen LogP contribution is 2.21. The molecule has 1 aromatic rings. The number of rotatable bonds is 6. The second kappa shape index (κ2) is 8.31. The van der Waals surface area contributed by atoms with Crippen LogP contribution in [0, 0.1) is 0 Å². The minimum absolute atomic E-state index is 0.225. The first-order chi connectivity index (χ1) is 12.6. The lowest BCUT2D eigenvalue weighted by Crippen LogP contribution is -2.43. The predicted octanol–water partition coefficient (Wildman–Crippen LogP) is 1.12. The van der Waals surface area contributed by atoms with Gasteiger partial charge in [0.15, 0.2) is 0 Å². The number of carbonyl (C=O) groups is 3. The van der Waals surface area contributed by atoms with Crippen molar-refractivity contribution < 1.29 is 14.4 Å². The van der Waals surface area contributed by atoms with Crippen molar-refractivity contribution in [2.45, 2.75) is 44.7 Å². The quantitative estimate of drug-likeness (QED) is 0.665. The van der Waals surface area contributed by atoms with Crippen LogP contribution in [0.2, 0.25) is 0 Å². The summed E-state index contributed by atoms with van der Waals surface area (Å²) in [6.45, 7) is 4.53. The Morgan fingerprint density at radius 1 is 1.12 bits per heavy atom. The molecule has 26 heavy (non-hydrogen) atoms. The van der Waals surface area contributed by atoms with E-state index in [1.165, 1.54) is 0 Å². The van der Waals surface area contributed by atoms with Crippen LogP contribution in [0.25, 0.3) is 0 Å². The van der Waals surface area contributed by atoms with E-state index in [0.29, 0.717) is 17.8 Å². The summed E-state index contributed by atoms with van der Waals surface area (Å²) in [7, 11) is 0. The van der Waals surface area contributed by atoms with Crippen LogP contribution >= 0.6 is 0 Å². The summed E-state index contributed by atoms with van der Waals surface area (Å²) in [6.07, 6.45) is 4.11. The van der Waals surface area contributed by atoms with Gasteiger partial charge in [0, 0.05) is 18.6 Å². The second-order valence-electron chi connectivity index (χ2n) is 6.88. The minimum Gasteiger partial charge on any atom is -0.349 e. The number of nitrogens with zero attached hydrogens (tertiary/aromatic N) is 1. The molecule has 1 saturated heterocycles. The molecule has 2 fully saturated rings. The van der Waals surface area contributed by atoms with Gasteiger partial charge in [-0.25, -0.2) is 0 Å². The van der Waals surface area contributed by atoms with Crippen LogP contribution in [0.15, 0.2) is 24.3 Å². The van der Waals surface area contributed by atoms with E-state index < -0.39 is 11.8 Å². The second-order valence-corrected chi connectivity index (χ2v) is 6.88. The maximum atomic E-state index is 12.3. The van der Waals surface area contributed by atoms with Crippen LogP contribution in [-0.2, 0) is 9.59 Å². The molecule has 7 nitrogen and oxygen atoms in total. The Balaban J connectivity index is 1.55. The topological polar surface area (TPSA) is 90.5 Å². The van der Waals surface area contributed by atoms with Gasteiger partial charge in [-0.3, -0.25) is 19.3 Å². The number of para-hydroxylation sites is 1. The third kappa shape index (κ3) is 4.60. The van der Waals surface area contributed by atoms with Crippen molar-refractivity contribution in [3.05, 3.63) is 29.8 Å². The molecular formula is C19H26N4O3. The average Bonchev–Trinajstić information content (AvgIpc) is 3.34. The van der Waals surface area contributed by atoms with Gasteiger partial charge in [0.2, 0.25) is 0 Å². The van der Waals surface area contributed by atoms with Crippen molar-refractivity contribution in [3.8, 4) is 0 Å². The van der Waals surface area contributed by atoms with Gasteiger partial charge >= 0.3 is 11.8 Å². The number of likely N-dealkylation sites (tertiary alicyclic amines) is 1. The van der Waals surface area contributed by atoms with Gasteiger partial charge in [0.1, 0.15) is 0 Å². The zero-order valence-electron chi connectivity index (χ0n) is 15.1. The van der Waals surface area contributed by atoms with Crippen molar-refractivity contribution in [1.29, 1.82) is 0 Å². The fourth-order valence-corrected chi connectivity index (χ4v) is 3.29. The molecule has 0 radical (unpaired) electrons. The van der Waals surface area contributed by atoms with E-state index in [4.69, 9.17) is 0 Å². The number of hydrogen-bond donors (Lipinski definition) is 3. The molecule has 3 amide bonds. The molecule has 7 heteroatoms. The molecular weight excluding hydrogens is 332 g/mol. The van der Waals surface area contributed by atoms with Gasteiger partial charge in [0.25, 0.3) is 5.91 Å². The fourth-order valence-electron chi connectivity index (χ4n) is 3.29. The minimum atomic E-state index is -0.752. The summed E-state index contributed by atoms with van der Waals surface area (Å²) in [6, 6.07) is 7.23. The maximum absolute atomic E-state index is 12.3. The molecule has 1 saturated carbocycles. The molecule has 1 atom stereocenters. The SMILES string of the molecule is CCN1CCC[C@@H]1CNC(=O)C(=O)Nc1ccccc1C(=O)NC1CC1. The molecule has 140 valence electrons. The third-order valence-corrected chi connectivity index (χ3v) is 4.94. The highest BCUT2D eigenvalue weighted by atomic mass is 16.2. The van der Waals surface area contributed by atoms with Crippen LogP contribution in [0.3, 0.4) is 0 Å². The van der Waals surface area contributed by atoms with Gasteiger partial charge in [0.05, 0.1) is 11.3 Å². The van der Waals surface area contributed by atoms with Crippen molar-refractivity contribution in [2.75, 3.05) is 25.0 Å². The van der Waals surface area contributed by atoms with Crippen LogP contribution in [-0.4, -0.2) is 54.3 Å². The standard InChI is InChI=1S/C19H26N4O3/c1-2-23-11-5-6-14(23)12-20-18(25)19(26)22-16-8-4-3-7-15(16)17(24)21-13-9-10-13/h3-4,7-8,13-14H,2,5-6,9-12H2,1H3,(H,20,25)(H,21,24)(H,22,26)/t14-/m1/s1. The Morgan fingerprint density at radius 3 is 2.62 bits per heavy atom. The summed E-state index contributed by atoms with van der Waals surface area (Å²) in [5, 5.41) is 8.16. The Bertz CT molecular complexity index is 687. The van der Waals surface area contributed by atoms with E-state index in [0.717, 1.165) is 38.8 Å². The van der Waals surface area contributed by atoms with Crippen LogP contribution in [0.4, 0.5) is 5.69 Å². The first kappa shape index (κ1) is 18.4. The first-order valence-electron chi connectivity index (χ1n) is 9.31. The zero-order chi connectivity index (χ0) is 18.5. The molecule has 1 aromatic carbocycles. The normalized spacial score (nSPS) is 19.8. The van der Waals surface area contributed by atoms with Gasteiger partial charge in [-0.15, -0.1) is 0 Å². The van der Waals surface area contributed by atoms with Gasteiger partial charge in [-0.2, -0.15) is 0 Å². The van der Waals surface area contributed by atoms with Gasteiger partial charge in [-0.1, -0.05) is 19.1 Å². The van der Waals surface area contributed by atoms with E-state index in [1.54, 1.807) is 24.3 Å². The fraction of sp³-hybridized carbons (Fsp3) is 0.526. The lowest BCUT2D eigenvalue weighted by atomic mass is 10.1. The molecule has 2 aliphatic rings. The molecule has 0 aromatic heterocycles. The van der Waals surface area contributed by atoms with Crippen molar-refractivity contribution in [1.82, 2.24) is 15.5 Å². The van der Waals surface area contributed by atoms with Crippen LogP contribution in [0.5, 0.6) is 0 Å². The molecule has 0 unspecified atom stereocenters. The predicted molar refractivity (Wildman–Crippen MR) is 98.8 cm³/mol. The first-order valence-corrected chi connectivity index (χ1v) is 9.31. The summed E-state index contributed by atoms with van der Waals surface area (Å²) in [5.41, 5.74) is 0.718. The molecule has 1 aliphatic carbocycles. The van der Waals surface area contributed by atoms with E-state index in [9.17, 15) is 14.4 Å². The zero-order valence-corrected chi connectivity index (χ0v) is 15.1. The Morgan fingerprint density at radius 2 is 1.88 bits per heavy atom. The summed E-state index contributed by atoms with van der Waals surface area (Å²) in [4.78, 5) is 38.9. The molecule has 0 bridgehead atoms. The van der Waals surface area contributed by atoms with Crippen molar-refractivity contribution in [2.24, 2.45) is 0 Å². The smallest absolute Gasteiger partial charge is 0.313 e. The number of amides is 3. The lowest BCUT2D eigenvalue weighted by Gasteiger charge is -2.22. The van der Waals surface area contributed by atoms with Crippen molar-refractivity contribution >= 4 is 23.4 Å². The number of hydrogen-bond acceptors (Lipinski definition) is 4. The average molecular weight is 358 g/mol. The highest BCUT2D eigenvalue weighted by Gasteiger charge is 2.26. The molecule has 0 spiro atoms. The highest BCUT2D eigenvalue weighted by molar-refractivity contribution is 6.40. The molecule has 3 rings (SSSR count). The van der Waals surface area contributed by atoms with Gasteiger partial charge < -0.3 is 16.0 Å². The Kier molecular flexibility index (Phi) is 5.88. The maximum Gasteiger partial charge on any atom is 0.313 e. The number of benzene rings is 1. The number of carbonyl (C=O) groups excluding carboxylic acids is 3. The van der Waals surface area contributed by atoms with Crippen LogP contribution < -0.4 is 16.0 Å². The molecule has 1 heterocycles. The van der Waals surface area contributed by atoms with E-state index in [2.05, 4.69) is 27.8 Å². The monoisotopic (exact) mass is 358 g/mol. The number of anilines is 1. The number of likely N-dealkylation sites (N-methyl/N-ethyl adjacent to an activating group) is 1. The van der Waals surface area contributed by atoms with E-state index in [-0.39, 0.29) is 18.0 Å². The summed E-state index contributed by atoms with van der Waals surface area (Å²) < 4.78 is 0. The molecule has 3 N–H and O–H groups in total. The Labute approximate surface area is 153 Å². The third-order valence-electron chi connectivity index (χ3n) is 4.94. The summed E-state index contributed by atoms with van der Waals surface area (Å²) >= 11 is 0. The molecule has 1 aliphatic heterocycles. The van der Waals surface area contributed by atoms with E-state index in [1.807, 2.05) is 0 Å².